The molecule has 196 valence electrons. The molecule has 1 aromatic carbocycles. The lowest BCUT2D eigenvalue weighted by Gasteiger charge is -2.38. The second kappa shape index (κ2) is 11.2. The van der Waals surface area contributed by atoms with Gasteiger partial charge in [-0.1, -0.05) is 11.6 Å². The van der Waals surface area contributed by atoms with Crippen LogP contribution in [0.4, 0.5) is 22.1 Å². The summed E-state index contributed by atoms with van der Waals surface area (Å²) in [6.07, 6.45) is 0.524. The second-order valence-corrected chi connectivity index (χ2v) is 8.72. The summed E-state index contributed by atoms with van der Waals surface area (Å²) in [5, 5.41) is 29.2. The first kappa shape index (κ1) is 26.4. The van der Waals surface area contributed by atoms with Crippen LogP contribution in [-0.2, 0) is 4.79 Å². The van der Waals surface area contributed by atoms with Gasteiger partial charge in [0.1, 0.15) is 6.07 Å². The van der Waals surface area contributed by atoms with E-state index in [4.69, 9.17) is 22.1 Å². The summed E-state index contributed by atoms with van der Waals surface area (Å²) in [6, 6.07) is 6.91. The molecule has 1 atom stereocenters. The molecule has 1 fully saturated rings. The molecule has 4 rings (SSSR count). The highest BCUT2D eigenvalue weighted by atomic mass is 35.5. The predicted molar refractivity (Wildman–Crippen MR) is 137 cm³/mol. The van der Waals surface area contributed by atoms with Crippen LogP contribution in [0.3, 0.4) is 0 Å². The molecule has 0 bridgehead atoms. The number of fused-ring (bicyclic) bond motifs is 1. The van der Waals surface area contributed by atoms with Crippen molar-refractivity contribution in [3.63, 3.8) is 0 Å². The summed E-state index contributed by atoms with van der Waals surface area (Å²) in [4.78, 5) is 35.9. The lowest BCUT2D eigenvalue weighted by molar-refractivity contribution is -0.122. The fourth-order valence-corrected chi connectivity index (χ4v) is 4.24. The van der Waals surface area contributed by atoms with E-state index in [1.807, 2.05) is 15.9 Å². The van der Waals surface area contributed by atoms with Gasteiger partial charge in [-0.05, 0) is 26.0 Å². The van der Waals surface area contributed by atoms with Crippen LogP contribution < -0.4 is 26.0 Å². The summed E-state index contributed by atoms with van der Waals surface area (Å²) in [6.45, 7) is 6.10. The number of hydrogen-bond donors (Lipinski definition) is 3. The summed E-state index contributed by atoms with van der Waals surface area (Å²) >= 11 is 6.77. The van der Waals surface area contributed by atoms with Gasteiger partial charge in [0.05, 0.1) is 40.3 Å². The van der Waals surface area contributed by atoms with Crippen molar-refractivity contribution in [2.45, 2.75) is 19.9 Å². The van der Waals surface area contributed by atoms with Crippen LogP contribution >= 0.6 is 11.6 Å². The van der Waals surface area contributed by atoms with Crippen LogP contribution in [0.15, 0.2) is 18.3 Å². The Labute approximate surface area is 222 Å². The van der Waals surface area contributed by atoms with Crippen molar-refractivity contribution >= 4 is 46.6 Å². The van der Waals surface area contributed by atoms with Gasteiger partial charge in [-0.2, -0.15) is 20.0 Å². The molecule has 2 amide bonds. The van der Waals surface area contributed by atoms with Gasteiger partial charge in [0, 0.05) is 32.7 Å². The number of nitrogens with two attached hydrogens (primary N) is 1. The number of hydrogen-bond acceptors (Lipinski definition) is 11. The molecule has 4 N–H and O–H groups in total. The Balaban J connectivity index is 1.67. The summed E-state index contributed by atoms with van der Waals surface area (Å²) < 4.78 is 6.47. The van der Waals surface area contributed by atoms with E-state index in [-0.39, 0.29) is 35.1 Å². The number of aromatic nitrogens is 4. The Morgan fingerprint density at radius 2 is 1.97 bits per heavy atom. The normalized spacial score (nSPS) is 14.4. The number of amides is 2. The van der Waals surface area contributed by atoms with Crippen LogP contribution in [0.2, 0.25) is 5.02 Å². The Bertz CT molecular complexity index is 1470. The third-order valence-corrected chi connectivity index (χ3v) is 6.40. The quantitative estimate of drug-likeness (QED) is 0.394. The smallest absolute Gasteiger partial charge is 0.387 e. The number of halogens is 1. The number of primary amides is 1. The molecule has 0 radical (unpaired) electrons. The molecule has 38 heavy (non-hydrogen) atoms. The summed E-state index contributed by atoms with van der Waals surface area (Å²) in [5.41, 5.74) is 6.87. The zero-order valence-corrected chi connectivity index (χ0v) is 21.4. The number of imidazole rings is 1. The first-order valence-corrected chi connectivity index (χ1v) is 12.0. The second-order valence-electron chi connectivity index (χ2n) is 8.35. The minimum atomic E-state index is -0.753. The Morgan fingerprint density at radius 1 is 1.24 bits per heavy atom. The summed E-state index contributed by atoms with van der Waals surface area (Å²) in [5.74, 6) is -0.615. The van der Waals surface area contributed by atoms with E-state index in [2.05, 4.69) is 31.8 Å². The fourth-order valence-electron chi connectivity index (χ4n) is 3.97. The standard InChI is InChI=1S/C23H24ClN11O3/c1-3-28-23(37)38-21-20-29-12-15(11-26)35(20)32-22(31-21)30-16-8-14(10-25)9-17(18(16)24)34-6-4-33(5-7-34)13(2)19(27)36/h8-9,12-13H,3-7H2,1-2H3,(H2,27,36)(H,28,37)(H,30,32). The van der Waals surface area contributed by atoms with Crippen LogP contribution in [-0.4, -0.2) is 75.2 Å². The zero-order valence-electron chi connectivity index (χ0n) is 20.6. The molecule has 0 aliphatic carbocycles. The van der Waals surface area contributed by atoms with Gasteiger partial charge in [-0.3, -0.25) is 9.69 Å². The lowest BCUT2D eigenvalue weighted by Crippen LogP contribution is -2.53. The van der Waals surface area contributed by atoms with Crippen molar-refractivity contribution in [1.82, 2.24) is 29.8 Å². The molecule has 0 spiro atoms. The van der Waals surface area contributed by atoms with Gasteiger partial charge in [-0.15, -0.1) is 5.10 Å². The molecular formula is C23H24ClN11O3. The van der Waals surface area contributed by atoms with Crippen LogP contribution in [0.5, 0.6) is 5.88 Å². The number of nitrogens with zero attached hydrogens (tertiary/aromatic N) is 8. The van der Waals surface area contributed by atoms with Crippen molar-refractivity contribution in [3.8, 4) is 18.0 Å². The summed E-state index contributed by atoms with van der Waals surface area (Å²) in [7, 11) is 0. The molecule has 3 aromatic rings. The highest BCUT2D eigenvalue weighted by Crippen LogP contribution is 2.36. The van der Waals surface area contributed by atoms with Gasteiger partial charge >= 0.3 is 6.09 Å². The monoisotopic (exact) mass is 537 g/mol. The van der Waals surface area contributed by atoms with Crippen LogP contribution in [0.25, 0.3) is 5.65 Å². The highest BCUT2D eigenvalue weighted by molar-refractivity contribution is 6.36. The number of nitrogens with one attached hydrogen (secondary N) is 2. The molecule has 1 aliphatic heterocycles. The maximum atomic E-state index is 12.1. The fraction of sp³-hybridized carbons (Fsp3) is 0.348. The van der Waals surface area contributed by atoms with E-state index in [0.29, 0.717) is 54.7 Å². The van der Waals surface area contributed by atoms with Crippen molar-refractivity contribution in [2.24, 2.45) is 5.73 Å². The average molecular weight is 538 g/mol. The largest absolute Gasteiger partial charge is 0.414 e. The number of piperazine rings is 1. The predicted octanol–water partition coefficient (Wildman–Crippen LogP) is 1.37. The van der Waals surface area contributed by atoms with Gasteiger partial charge in [-0.25, -0.2) is 9.78 Å². The van der Waals surface area contributed by atoms with E-state index in [1.54, 1.807) is 19.9 Å². The van der Waals surface area contributed by atoms with E-state index in [1.165, 1.54) is 16.8 Å². The minimum absolute atomic E-state index is 0.0469. The van der Waals surface area contributed by atoms with E-state index in [0.717, 1.165) is 0 Å². The van der Waals surface area contributed by atoms with E-state index in [9.17, 15) is 20.1 Å². The van der Waals surface area contributed by atoms with Gasteiger partial charge in [0.2, 0.25) is 17.5 Å². The lowest BCUT2D eigenvalue weighted by atomic mass is 10.1. The molecule has 2 aromatic heterocycles. The van der Waals surface area contributed by atoms with Crippen molar-refractivity contribution in [3.05, 3.63) is 34.6 Å². The number of benzene rings is 1. The third-order valence-electron chi connectivity index (χ3n) is 6.00. The Kier molecular flexibility index (Phi) is 7.76. The van der Waals surface area contributed by atoms with Gasteiger partial charge in [0.15, 0.2) is 5.69 Å². The molecule has 3 heterocycles. The van der Waals surface area contributed by atoms with Crippen molar-refractivity contribution in [2.75, 3.05) is 42.9 Å². The van der Waals surface area contributed by atoms with E-state index < -0.39 is 6.09 Å². The first-order chi connectivity index (χ1) is 18.2. The Hall–Kier alpha value is -4.66. The highest BCUT2D eigenvalue weighted by Gasteiger charge is 2.26. The minimum Gasteiger partial charge on any atom is -0.387 e. The van der Waals surface area contributed by atoms with Gasteiger partial charge < -0.3 is 26.0 Å². The number of carbonyl (C=O) groups excluding carboxylic acids is 2. The van der Waals surface area contributed by atoms with Crippen LogP contribution in [0.1, 0.15) is 25.1 Å². The SMILES string of the molecule is CCNC(=O)Oc1nc(Nc2cc(C#N)cc(N3CCN(C(C)C(N)=O)CC3)c2Cl)nn2c(C#N)cnc12. The topological polar surface area (TPSA) is 191 Å². The number of ether oxygens (including phenoxy) is 1. The number of nitriles is 2. The molecule has 1 saturated heterocycles. The van der Waals surface area contributed by atoms with Crippen LogP contribution in [0, 0.1) is 22.7 Å². The van der Waals surface area contributed by atoms with Crippen molar-refractivity contribution in [1.29, 1.82) is 10.5 Å². The molecule has 14 nitrogen and oxygen atoms in total. The third kappa shape index (κ3) is 5.36. The molecule has 0 saturated carbocycles. The molecule has 15 heteroatoms. The molecule has 1 unspecified atom stereocenters. The number of rotatable bonds is 7. The number of anilines is 3. The Morgan fingerprint density at radius 3 is 2.61 bits per heavy atom. The first-order valence-electron chi connectivity index (χ1n) is 11.7. The zero-order chi connectivity index (χ0) is 27.4. The molecule has 1 aliphatic rings. The van der Waals surface area contributed by atoms with Gasteiger partial charge in [0.25, 0.3) is 5.88 Å². The molecular weight excluding hydrogens is 514 g/mol. The van der Waals surface area contributed by atoms with Crippen molar-refractivity contribution < 1.29 is 14.3 Å². The maximum absolute atomic E-state index is 12.1. The maximum Gasteiger partial charge on any atom is 0.414 e. The number of carbonyl (C=O) groups is 2. The van der Waals surface area contributed by atoms with E-state index >= 15 is 0 Å². The average Bonchev–Trinajstić information content (AvgIpc) is 3.33.